The second-order valence-corrected chi connectivity index (χ2v) is 9.46. The number of rotatable bonds is 14. The molecule has 178 valence electrons. The molecular formula is C27H43N3O2. The lowest BCUT2D eigenvalue weighted by Crippen LogP contribution is -2.21. The van der Waals surface area contributed by atoms with Crippen molar-refractivity contribution in [1.82, 2.24) is 5.16 Å². The van der Waals surface area contributed by atoms with E-state index in [-0.39, 0.29) is 6.03 Å². The number of hydrogen-bond donors (Lipinski definition) is 2. The number of hydrogen-bond acceptors (Lipinski definition) is 3. The van der Waals surface area contributed by atoms with Crippen LogP contribution < -0.4 is 10.6 Å². The number of urea groups is 1. The third kappa shape index (κ3) is 8.68. The number of benzene rings is 1. The standard InChI is InChI=1S/C27H43N3O2/c1-6-7-8-9-10-11-12-13-14-16-22-19-25(32-30-22)28-27(31)29-26-23(20(2)3)17-15-18-24(26)21(4)5/h15,17-21H,6-14,16H2,1-5H3,(H2,28,29,31). The first kappa shape index (κ1) is 26.0. The third-order valence-corrected chi connectivity index (χ3v) is 5.94. The maximum atomic E-state index is 12.7. The molecule has 0 saturated carbocycles. The first-order valence-electron chi connectivity index (χ1n) is 12.6. The summed E-state index contributed by atoms with van der Waals surface area (Å²) in [6.45, 7) is 10.8. The van der Waals surface area contributed by atoms with Crippen LogP contribution in [-0.4, -0.2) is 11.2 Å². The van der Waals surface area contributed by atoms with E-state index in [4.69, 9.17) is 4.52 Å². The van der Waals surface area contributed by atoms with E-state index in [1.165, 1.54) is 51.4 Å². The predicted molar refractivity (Wildman–Crippen MR) is 135 cm³/mol. The Hall–Kier alpha value is -2.30. The zero-order valence-electron chi connectivity index (χ0n) is 20.8. The van der Waals surface area contributed by atoms with Gasteiger partial charge in [-0.15, -0.1) is 0 Å². The summed E-state index contributed by atoms with van der Waals surface area (Å²) in [5.74, 6) is 1.02. The summed E-state index contributed by atoms with van der Waals surface area (Å²) < 4.78 is 5.34. The smallest absolute Gasteiger partial charge is 0.326 e. The highest BCUT2D eigenvalue weighted by atomic mass is 16.5. The van der Waals surface area contributed by atoms with Crippen LogP contribution in [0.15, 0.2) is 28.8 Å². The highest BCUT2D eigenvalue weighted by Crippen LogP contribution is 2.32. The van der Waals surface area contributed by atoms with Crippen LogP contribution in [0, 0.1) is 0 Å². The first-order chi connectivity index (χ1) is 15.4. The Labute approximate surface area is 194 Å². The summed E-state index contributed by atoms with van der Waals surface area (Å²) in [5, 5.41) is 9.96. The predicted octanol–water partition coefficient (Wildman–Crippen LogP) is 8.64. The Bertz CT molecular complexity index is 785. The number of carbonyl (C=O) groups is 1. The largest absolute Gasteiger partial charge is 0.338 e. The molecule has 0 aliphatic rings. The number of anilines is 2. The number of unbranched alkanes of at least 4 members (excludes halogenated alkanes) is 8. The van der Waals surface area contributed by atoms with Crippen molar-refractivity contribution in [1.29, 1.82) is 0 Å². The molecule has 0 bridgehead atoms. The Morgan fingerprint density at radius 2 is 1.44 bits per heavy atom. The lowest BCUT2D eigenvalue weighted by atomic mass is 9.93. The van der Waals surface area contributed by atoms with Gasteiger partial charge >= 0.3 is 6.03 Å². The zero-order chi connectivity index (χ0) is 23.3. The van der Waals surface area contributed by atoms with Crippen molar-refractivity contribution in [2.24, 2.45) is 0 Å². The third-order valence-electron chi connectivity index (χ3n) is 5.94. The van der Waals surface area contributed by atoms with E-state index >= 15 is 0 Å². The monoisotopic (exact) mass is 441 g/mol. The molecule has 0 saturated heterocycles. The fourth-order valence-corrected chi connectivity index (χ4v) is 4.06. The van der Waals surface area contributed by atoms with E-state index in [0.717, 1.165) is 35.3 Å². The number of carbonyl (C=O) groups excluding carboxylic acids is 1. The topological polar surface area (TPSA) is 67.2 Å². The van der Waals surface area contributed by atoms with Gasteiger partial charge in [0, 0.05) is 11.8 Å². The molecule has 5 heteroatoms. The second kappa shape index (κ2) is 14.0. The van der Waals surface area contributed by atoms with Gasteiger partial charge in [-0.2, -0.15) is 0 Å². The van der Waals surface area contributed by atoms with Crippen molar-refractivity contribution >= 4 is 17.6 Å². The van der Waals surface area contributed by atoms with Gasteiger partial charge in [0.05, 0.1) is 5.69 Å². The van der Waals surface area contributed by atoms with E-state index in [9.17, 15) is 4.79 Å². The van der Waals surface area contributed by atoms with Gasteiger partial charge in [0.25, 0.3) is 0 Å². The van der Waals surface area contributed by atoms with Crippen LogP contribution in [-0.2, 0) is 6.42 Å². The number of aryl methyl sites for hydroxylation is 1. The van der Waals surface area contributed by atoms with Gasteiger partial charge in [-0.25, -0.2) is 4.79 Å². The molecule has 2 N–H and O–H groups in total. The minimum absolute atomic E-state index is 0.300. The molecule has 0 aliphatic heterocycles. The molecule has 0 radical (unpaired) electrons. The maximum absolute atomic E-state index is 12.7. The highest BCUT2D eigenvalue weighted by Gasteiger charge is 2.17. The van der Waals surface area contributed by atoms with Crippen LogP contribution >= 0.6 is 0 Å². The molecule has 0 aliphatic carbocycles. The van der Waals surface area contributed by atoms with Crippen LogP contribution in [0.3, 0.4) is 0 Å². The Morgan fingerprint density at radius 1 is 0.875 bits per heavy atom. The highest BCUT2D eigenvalue weighted by molar-refractivity contribution is 6.00. The lowest BCUT2D eigenvalue weighted by molar-refractivity contribution is 0.261. The quantitative estimate of drug-likeness (QED) is 0.288. The van der Waals surface area contributed by atoms with Gasteiger partial charge in [0.1, 0.15) is 0 Å². The average Bonchev–Trinajstić information content (AvgIpc) is 3.19. The minimum atomic E-state index is -0.300. The summed E-state index contributed by atoms with van der Waals surface area (Å²) in [6.07, 6.45) is 12.6. The summed E-state index contributed by atoms with van der Waals surface area (Å²) in [4.78, 5) is 12.7. The second-order valence-electron chi connectivity index (χ2n) is 9.46. The molecule has 0 fully saturated rings. The van der Waals surface area contributed by atoms with E-state index < -0.39 is 0 Å². The van der Waals surface area contributed by atoms with Gasteiger partial charge < -0.3 is 9.84 Å². The minimum Gasteiger partial charge on any atom is -0.338 e. The average molecular weight is 442 g/mol. The molecule has 1 aromatic heterocycles. The van der Waals surface area contributed by atoms with Crippen LogP contribution in [0.25, 0.3) is 0 Å². The van der Waals surface area contributed by atoms with Crippen molar-refractivity contribution in [3.05, 3.63) is 41.1 Å². The molecule has 1 aromatic carbocycles. The summed E-state index contributed by atoms with van der Waals surface area (Å²) in [7, 11) is 0. The fourth-order valence-electron chi connectivity index (χ4n) is 4.06. The molecule has 0 unspecified atom stereocenters. The van der Waals surface area contributed by atoms with Crippen LogP contribution in [0.1, 0.15) is 121 Å². The van der Waals surface area contributed by atoms with E-state index in [2.05, 4.69) is 68.6 Å². The first-order valence-corrected chi connectivity index (χ1v) is 12.6. The van der Waals surface area contributed by atoms with Gasteiger partial charge in [-0.05, 0) is 35.8 Å². The van der Waals surface area contributed by atoms with E-state index in [1.54, 1.807) is 0 Å². The lowest BCUT2D eigenvalue weighted by Gasteiger charge is -2.20. The van der Waals surface area contributed by atoms with Crippen molar-refractivity contribution in [3.63, 3.8) is 0 Å². The Kier molecular flexibility index (Phi) is 11.3. The molecule has 1 heterocycles. The van der Waals surface area contributed by atoms with Crippen LogP contribution in [0.5, 0.6) is 0 Å². The van der Waals surface area contributed by atoms with Crippen molar-refractivity contribution in [3.8, 4) is 0 Å². The molecule has 2 aromatic rings. The van der Waals surface area contributed by atoms with Crippen molar-refractivity contribution in [2.75, 3.05) is 10.6 Å². The molecule has 32 heavy (non-hydrogen) atoms. The van der Waals surface area contributed by atoms with Crippen LogP contribution in [0.2, 0.25) is 0 Å². The number of amides is 2. The zero-order valence-corrected chi connectivity index (χ0v) is 20.8. The maximum Gasteiger partial charge on any atom is 0.326 e. The fraction of sp³-hybridized carbons (Fsp3) is 0.630. The van der Waals surface area contributed by atoms with Crippen molar-refractivity contribution in [2.45, 2.75) is 111 Å². The molecule has 2 rings (SSSR count). The van der Waals surface area contributed by atoms with Gasteiger partial charge in [-0.3, -0.25) is 5.32 Å². The van der Waals surface area contributed by atoms with Gasteiger partial charge in [0.2, 0.25) is 5.88 Å². The molecule has 0 atom stereocenters. The summed E-state index contributed by atoms with van der Waals surface area (Å²) in [5.41, 5.74) is 4.06. The normalized spacial score (nSPS) is 11.3. The van der Waals surface area contributed by atoms with E-state index in [0.29, 0.717) is 17.7 Å². The number of nitrogens with zero attached hydrogens (tertiary/aromatic N) is 1. The summed E-state index contributed by atoms with van der Waals surface area (Å²) >= 11 is 0. The number of nitrogens with one attached hydrogen (secondary N) is 2. The number of para-hydroxylation sites is 1. The number of aromatic nitrogens is 1. The van der Waals surface area contributed by atoms with Crippen molar-refractivity contribution < 1.29 is 9.32 Å². The molecular weight excluding hydrogens is 398 g/mol. The molecule has 5 nitrogen and oxygen atoms in total. The Balaban J connectivity index is 1.79. The van der Waals surface area contributed by atoms with Gasteiger partial charge in [-0.1, -0.05) is 109 Å². The summed E-state index contributed by atoms with van der Waals surface area (Å²) in [6, 6.07) is 7.74. The van der Waals surface area contributed by atoms with Crippen LogP contribution in [0.4, 0.5) is 16.4 Å². The molecule has 2 amide bonds. The van der Waals surface area contributed by atoms with E-state index in [1.807, 2.05) is 6.07 Å². The van der Waals surface area contributed by atoms with Gasteiger partial charge in [0.15, 0.2) is 0 Å². The Morgan fingerprint density at radius 3 is 2.00 bits per heavy atom. The SMILES string of the molecule is CCCCCCCCCCCc1cc(NC(=O)Nc2c(C(C)C)cccc2C(C)C)on1. The molecule has 0 spiro atoms.